The number of amides is 1. The molecule has 0 aromatic carbocycles. The molecule has 1 aliphatic rings. The van der Waals surface area contributed by atoms with Crippen LogP contribution in [0.1, 0.15) is 51.9 Å². The molecule has 1 rings (SSSR count). The van der Waals surface area contributed by atoms with Crippen LogP contribution in [0.5, 0.6) is 0 Å². The van der Waals surface area contributed by atoms with Crippen LogP contribution in [-0.4, -0.2) is 17.3 Å². The number of nitrogens with one attached hydrogen (secondary N) is 1. The molecule has 1 amide bonds. The van der Waals surface area contributed by atoms with Crippen molar-refractivity contribution in [1.82, 2.24) is 5.32 Å². The van der Waals surface area contributed by atoms with Gasteiger partial charge in [0.2, 0.25) is 5.91 Å². The number of unbranched alkanes of at least 4 members (excludes halogenated alkanes) is 1. The lowest BCUT2D eigenvalue weighted by Crippen LogP contribution is -2.34. The molecular weight excluding hydrogens is 254 g/mol. The third-order valence-electron chi connectivity index (χ3n) is 2.96. The van der Waals surface area contributed by atoms with E-state index in [1.54, 1.807) is 0 Å². The van der Waals surface area contributed by atoms with E-state index in [1.807, 2.05) is 0 Å². The second-order valence-electron chi connectivity index (χ2n) is 4.50. The fourth-order valence-electron chi connectivity index (χ4n) is 1.76. The number of hydrogen-bond donors (Lipinski definition) is 1. The summed E-state index contributed by atoms with van der Waals surface area (Å²) in [5, 5.41) is 4.14. The molecular formula is C12H22BrNO. The summed E-state index contributed by atoms with van der Waals surface area (Å²) in [6.45, 7) is 2.16. The van der Waals surface area contributed by atoms with Crippen LogP contribution in [0.2, 0.25) is 0 Å². The van der Waals surface area contributed by atoms with Crippen LogP contribution < -0.4 is 5.32 Å². The molecule has 1 unspecified atom stereocenters. The molecule has 0 radical (unpaired) electrons. The molecule has 1 N–H and O–H groups in total. The zero-order valence-electron chi connectivity index (χ0n) is 9.60. The van der Waals surface area contributed by atoms with Crippen molar-refractivity contribution < 1.29 is 4.79 Å². The number of carbonyl (C=O) groups is 1. The van der Waals surface area contributed by atoms with Crippen molar-refractivity contribution in [1.29, 1.82) is 0 Å². The van der Waals surface area contributed by atoms with Gasteiger partial charge in [-0.25, -0.2) is 0 Å². The van der Waals surface area contributed by atoms with Gasteiger partial charge in [0.15, 0.2) is 0 Å². The molecule has 0 aromatic rings. The minimum atomic E-state index is 0.239. The summed E-state index contributed by atoms with van der Waals surface area (Å²) in [4.78, 5) is 11.6. The largest absolute Gasteiger partial charge is 0.353 e. The van der Waals surface area contributed by atoms with Crippen molar-refractivity contribution in [2.45, 2.75) is 57.9 Å². The van der Waals surface area contributed by atoms with E-state index < -0.39 is 0 Å². The number of hydrogen-bond acceptors (Lipinski definition) is 1. The van der Waals surface area contributed by atoms with Gasteiger partial charge in [0.05, 0.1) is 0 Å². The zero-order chi connectivity index (χ0) is 11.1. The van der Waals surface area contributed by atoms with Crippen LogP contribution in [0, 0.1) is 5.92 Å². The summed E-state index contributed by atoms with van der Waals surface area (Å²) in [6.07, 6.45) is 7.78. The van der Waals surface area contributed by atoms with Crippen molar-refractivity contribution in [2.75, 3.05) is 5.33 Å². The van der Waals surface area contributed by atoms with Crippen LogP contribution in [0.15, 0.2) is 0 Å². The Hall–Kier alpha value is -0.0500. The van der Waals surface area contributed by atoms with Crippen LogP contribution in [0.25, 0.3) is 0 Å². The van der Waals surface area contributed by atoms with E-state index in [-0.39, 0.29) is 5.91 Å². The standard InChI is InChI=1S/C12H22BrNO/c1-2-11(9-10-6-7-10)14-12(15)5-3-4-8-13/h10-11H,2-9H2,1H3,(H,14,15). The monoisotopic (exact) mass is 275 g/mol. The zero-order valence-corrected chi connectivity index (χ0v) is 11.2. The molecule has 0 bridgehead atoms. The number of rotatable bonds is 8. The van der Waals surface area contributed by atoms with E-state index in [0.29, 0.717) is 12.5 Å². The quantitative estimate of drug-likeness (QED) is 0.535. The smallest absolute Gasteiger partial charge is 0.220 e. The summed E-state index contributed by atoms with van der Waals surface area (Å²) in [7, 11) is 0. The van der Waals surface area contributed by atoms with Gasteiger partial charge in [0.1, 0.15) is 0 Å². The maximum atomic E-state index is 11.6. The van der Waals surface area contributed by atoms with Crippen LogP contribution in [0.4, 0.5) is 0 Å². The van der Waals surface area contributed by atoms with Gasteiger partial charge in [-0.1, -0.05) is 35.7 Å². The predicted octanol–water partition coefficient (Wildman–Crippen LogP) is 3.25. The Balaban J connectivity index is 2.09. The highest BCUT2D eigenvalue weighted by atomic mass is 79.9. The summed E-state index contributed by atoms with van der Waals surface area (Å²) >= 11 is 3.37. The Bertz CT molecular complexity index is 192. The molecule has 3 heteroatoms. The normalized spacial score (nSPS) is 17.5. The van der Waals surface area contributed by atoms with Crippen molar-refractivity contribution in [2.24, 2.45) is 5.92 Å². The summed E-state index contributed by atoms with van der Waals surface area (Å²) in [6, 6.07) is 0.425. The third kappa shape index (κ3) is 6.18. The highest BCUT2D eigenvalue weighted by Gasteiger charge is 2.25. The molecule has 0 heterocycles. The van der Waals surface area contributed by atoms with E-state index in [4.69, 9.17) is 0 Å². The Morgan fingerprint density at radius 2 is 2.20 bits per heavy atom. The Kier molecular flexibility index (Phi) is 6.30. The molecule has 15 heavy (non-hydrogen) atoms. The maximum absolute atomic E-state index is 11.6. The Morgan fingerprint density at radius 3 is 2.73 bits per heavy atom. The fourth-order valence-corrected chi connectivity index (χ4v) is 2.16. The summed E-state index contributed by atoms with van der Waals surface area (Å²) in [5.41, 5.74) is 0. The lowest BCUT2D eigenvalue weighted by Gasteiger charge is -2.16. The number of alkyl halides is 1. The van der Waals surface area contributed by atoms with Crippen molar-refractivity contribution in [3.63, 3.8) is 0 Å². The lowest BCUT2D eigenvalue weighted by atomic mass is 10.1. The minimum Gasteiger partial charge on any atom is -0.353 e. The van der Waals surface area contributed by atoms with E-state index in [2.05, 4.69) is 28.2 Å². The SMILES string of the molecule is CCC(CC1CC1)NC(=O)CCCCBr. The molecule has 0 spiro atoms. The second-order valence-corrected chi connectivity index (χ2v) is 5.29. The molecule has 1 aliphatic carbocycles. The summed E-state index contributed by atoms with van der Waals surface area (Å²) in [5.74, 6) is 1.14. The van der Waals surface area contributed by atoms with E-state index in [0.717, 1.165) is 30.5 Å². The van der Waals surface area contributed by atoms with Crippen LogP contribution >= 0.6 is 15.9 Å². The first-order valence-corrected chi connectivity index (χ1v) is 7.23. The molecule has 1 saturated carbocycles. The van der Waals surface area contributed by atoms with Crippen molar-refractivity contribution in [3.05, 3.63) is 0 Å². The van der Waals surface area contributed by atoms with Crippen LogP contribution in [-0.2, 0) is 4.79 Å². The average molecular weight is 276 g/mol. The highest BCUT2D eigenvalue weighted by molar-refractivity contribution is 9.09. The van der Waals surface area contributed by atoms with Gasteiger partial charge in [0.25, 0.3) is 0 Å². The molecule has 88 valence electrons. The highest BCUT2D eigenvalue weighted by Crippen LogP contribution is 2.34. The van der Waals surface area contributed by atoms with Gasteiger partial charge < -0.3 is 5.32 Å². The van der Waals surface area contributed by atoms with Gasteiger partial charge in [-0.15, -0.1) is 0 Å². The van der Waals surface area contributed by atoms with Crippen molar-refractivity contribution >= 4 is 21.8 Å². The molecule has 0 aromatic heterocycles. The first kappa shape index (κ1) is 13.0. The fraction of sp³-hybridized carbons (Fsp3) is 0.917. The van der Waals surface area contributed by atoms with Gasteiger partial charge in [0, 0.05) is 17.8 Å². The number of halogens is 1. The third-order valence-corrected chi connectivity index (χ3v) is 3.52. The predicted molar refractivity (Wildman–Crippen MR) is 67.2 cm³/mol. The Labute approximate surface area is 101 Å². The first-order chi connectivity index (χ1) is 7.26. The van der Waals surface area contributed by atoms with E-state index in [1.165, 1.54) is 19.3 Å². The van der Waals surface area contributed by atoms with Gasteiger partial charge in [-0.05, 0) is 31.6 Å². The summed E-state index contributed by atoms with van der Waals surface area (Å²) < 4.78 is 0. The second kappa shape index (κ2) is 7.26. The maximum Gasteiger partial charge on any atom is 0.220 e. The van der Waals surface area contributed by atoms with Gasteiger partial charge in [-0.3, -0.25) is 4.79 Å². The minimum absolute atomic E-state index is 0.239. The molecule has 1 atom stereocenters. The van der Waals surface area contributed by atoms with E-state index >= 15 is 0 Å². The molecule has 2 nitrogen and oxygen atoms in total. The Morgan fingerprint density at radius 1 is 1.47 bits per heavy atom. The van der Waals surface area contributed by atoms with Gasteiger partial charge >= 0.3 is 0 Å². The molecule has 0 saturated heterocycles. The molecule has 0 aliphatic heterocycles. The first-order valence-electron chi connectivity index (χ1n) is 6.11. The van der Waals surface area contributed by atoms with Crippen molar-refractivity contribution in [3.8, 4) is 0 Å². The topological polar surface area (TPSA) is 29.1 Å². The van der Waals surface area contributed by atoms with Gasteiger partial charge in [-0.2, -0.15) is 0 Å². The van der Waals surface area contributed by atoms with E-state index in [9.17, 15) is 4.79 Å². The lowest BCUT2D eigenvalue weighted by molar-refractivity contribution is -0.122. The van der Waals surface area contributed by atoms with Crippen LogP contribution in [0.3, 0.4) is 0 Å². The number of carbonyl (C=O) groups excluding carboxylic acids is 1. The molecule has 1 fully saturated rings. The average Bonchev–Trinajstić information content (AvgIpc) is 3.01.